The van der Waals surface area contributed by atoms with Crippen LogP contribution in [-0.4, -0.2) is 242 Å². The molecule has 2 atom stereocenters. The predicted octanol–water partition coefficient (Wildman–Crippen LogP) is 4.89. The number of aliphatic carboxylic acids is 1. The number of carbonyl (C=O) groups excluding carboxylic acids is 1. The first-order chi connectivity index (χ1) is 39.8. The molecule has 0 bridgehead atoms. The molecule has 2 aliphatic heterocycles. The summed E-state index contributed by atoms with van der Waals surface area (Å²) in [6.45, 7) is 19.6. The van der Waals surface area contributed by atoms with Crippen LogP contribution in [-0.2, 0) is 91.4 Å². The molecule has 2 heterocycles. The van der Waals surface area contributed by atoms with Crippen LogP contribution in [0.2, 0.25) is 0 Å². The summed E-state index contributed by atoms with van der Waals surface area (Å²) in [7, 11) is 4.97. The van der Waals surface area contributed by atoms with Crippen molar-refractivity contribution in [1.29, 1.82) is 0 Å². The predicted molar refractivity (Wildman–Crippen MR) is 306 cm³/mol. The van der Waals surface area contributed by atoms with Crippen molar-refractivity contribution in [3.8, 4) is 0 Å². The van der Waals surface area contributed by atoms with E-state index in [1.165, 1.54) is 11.1 Å². The number of fused-ring (bicyclic) bond motifs is 2. The third-order valence-electron chi connectivity index (χ3n) is 13.5. The van der Waals surface area contributed by atoms with Gasteiger partial charge in [0.15, 0.2) is 12.3 Å². The zero-order valence-electron chi connectivity index (χ0n) is 49.3. The highest BCUT2D eigenvalue weighted by Crippen LogP contribution is 2.50. The highest BCUT2D eigenvalue weighted by molar-refractivity contribution is 6.03. The second-order valence-corrected chi connectivity index (χ2v) is 19.2. The van der Waals surface area contributed by atoms with E-state index in [-0.39, 0.29) is 23.9 Å². The maximum atomic E-state index is 10.5. The summed E-state index contributed by atoms with van der Waals surface area (Å²) >= 11 is 0. The van der Waals surface area contributed by atoms with E-state index in [4.69, 9.17) is 75.8 Å². The molecule has 0 N–H and O–H groups in total. The summed E-state index contributed by atoms with van der Waals surface area (Å²) in [6.07, 6.45) is 12.2. The fourth-order valence-electron chi connectivity index (χ4n) is 9.23. The number of carbonyl (C=O) groups is 1. The van der Waals surface area contributed by atoms with Gasteiger partial charge < -0.3 is 90.6 Å². The third kappa shape index (κ3) is 27.0. The Hall–Kier alpha value is -4.04. The highest BCUT2D eigenvalue weighted by atomic mass is 16.6. The molecule has 0 saturated heterocycles. The second kappa shape index (κ2) is 44.5. The number of benzene rings is 2. The second-order valence-electron chi connectivity index (χ2n) is 19.2. The number of hydrogen-bond donors (Lipinski definition) is 0. The molecule has 0 fully saturated rings. The molecule has 0 spiro atoms. The van der Waals surface area contributed by atoms with Crippen molar-refractivity contribution < 1.29 is 90.3 Å². The van der Waals surface area contributed by atoms with Gasteiger partial charge in [-0.2, -0.15) is 4.58 Å². The van der Waals surface area contributed by atoms with E-state index in [2.05, 4.69) is 102 Å². The fraction of sp³-hybridized carbons (Fsp3) is 0.672. The minimum atomic E-state index is -1.13. The van der Waals surface area contributed by atoms with Crippen molar-refractivity contribution in [2.24, 2.45) is 0 Å². The Kier molecular flexibility index (Phi) is 38.1. The molecular formula is C61H96N2O18. The Balaban J connectivity index is 1.48. The van der Waals surface area contributed by atoms with Gasteiger partial charge in [-0.25, -0.2) is 0 Å². The number of rotatable bonds is 54. The van der Waals surface area contributed by atoms with Gasteiger partial charge in [-0.05, 0) is 44.4 Å². The Bertz CT molecular complexity index is 2070. The third-order valence-corrected chi connectivity index (χ3v) is 13.5. The Morgan fingerprint density at radius 2 is 0.852 bits per heavy atom. The quantitative estimate of drug-likeness (QED) is 0.0493. The van der Waals surface area contributed by atoms with Crippen LogP contribution in [0.3, 0.4) is 0 Å². The van der Waals surface area contributed by atoms with E-state index in [0.717, 1.165) is 35.6 Å². The zero-order valence-corrected chi connectivity index (χ0v) is 49.3. The fourth-order valence-corrected chi connectivity index (χ4v) is 9.23. The molecule has 0 radical (unpaired) electrons. The molecule has 2 aromatic carbocycles. The van der Waals surface area contributed by atoms with Crippen LogP contribution in [0.5, 0.6) is 0 Å². The molecule has 0 saturated carbocycles. The molecule has 0 aliphatic carbocycles. The maximum absolute atomic E-state index is 10.5. The zero-order chi connectivity index (χ0) is 57.7. The molecule has 2 aliphatic rings. The first-order valence-corrected chi connectivity index (χ1v) is 28.7. The smallest absolute Gasteiger partial charge is 0.209 e. The molecule has 0 amide bonds. The van der Waals surface area contributed by atoms with Crippen LogP contribution < -0.4 is 10.0 Å². The van der Waals surface area contributed by atoms with E-state index in [9.17, 15) is 9.90 Å². The number of anilines is 1. The minimum absolute atomic E-state index is 0.104. The van der Waals surface area contributed by atoms with Crippen molar-refractivity contribution in [3.63, 3.8) is 0 Å². The van der Waals surface area contributed by atoms with Gasteiger partial charge in [0.25, 0.3) is 0 Å². The van der Waals surface area contributed by atoms with E-state index in [0.29, 0.717) is 198 Å². The summed E-state index contributed by atoms with van der Waals surface area (Å²) in [6, 6.07) is 17.2. The van der Waals surface area contributed by atoms with E-state index in [1.807, 2.05) is 0 Å². The van der Waals surface area contributed by atoms with Crippen molar-refractivity contribution in [2.75, 3.05) is 231 Å². The van der Waals surface area contributed by atoms with Gasteiger partial charge in [0, 0.05) is 88.0 Å². The molecule has 2 unspecified atom stereocenters. The molecular weight excluding hydrogens is 1050 g/mol. The molecule has 20 nitrogen and oxygen atoms in total. The summed E-state index contributed by atoms with van der Waals surface area (Å²) in [5.41, 5.74) is 6.35. The number of nitrogens with zero attached hydrogens (tertiary/aromatic N) is 2. The first kappa shape index (κ1) is 69.5. The van der Waals surface area contributed by atoms with Gasteiger partial charge in [0.05, 0.1) is 177 Å². The molecule has 4 rings (SSSR count). The van der Waals surface area contributed by atoms with E-state index >= 15 is 0 Å². The lowest BCUT2D eigenvalue weighted by Gasteiger charge is -2.30. The Labute approximate surface area is 482 Å². The lowest BCUT2D eigenvalue weighted by atomic mass is 9.76. The van der Waals surface area contributed by atoms with Crippen molar-refractivity contribution in [1.82, 2.24) is 0 Å². The average Bonchev–Trinajstić information content (AvgIpc) is 4.03. The van der Waals surface area contributed by atoms with Crippen molar-refractivity contribution >= 4 is 23.1 Å². The average molecular weight is 1150 g/mol. The topological polar surface area (TPSA) is 194 Å². The summed E-state index contributed by atoms with van der Waals surface area (Å²) in [5, 5.41) is 10.5. The maximum Gasteiger partial charge on any atom is 0.209 e. The lowest BCUT2D eigenvalue weighted by Crippen LogP contribution is -2.33. The van der Waals surface area contributed by atoms with Gasteiger partial charge in [0.2, 0.25) is 5.69 Å². The molecule has 81 heavy (non-hydrogen) atoms. The van der Waals surface area contributed by atoms with Gasteiger partial charge in [-0.15, -0.1) is 0 Å². The normalized spacial score (nSPS) is 17.5. The first-order valence-electron chi connectivity index (χ1n) is 28.7. The van der Waals surface area contributed by atoms with Crippen LogP contribution in [0.25, 0.3) is 0 Å². The van der Waals surface area contributed by atoms with Crippen LogP contribution >= 0.6 is 0 Å². The number of allylic oxidation sites excluding steroid dienone is 6. The molecule has 0 aromatic heterocycles. The number of hydrogen-bond acceptors (Lipinski definition) is 19. The number of ether oxygens (including phenoxy) is 16. The van der Waals surface area contributed by atoms with E-state index in [1.54, 1.807) is 21.3 Å². The van der Waals surface area contributed by atoms with Crippen LogP contribution in [0.4, 0.5) is 11.4 Å². The number of carboxylic acids is 1. The SMILES string of the molecule is COCCOCCOCCOCC[N+]1=C(/C=C/C=C/C=C2/N(CCOCCOCCOCCOCCC(=O)[O-])c3ccccc3C2(C)CCOCCOCCOCCOC)C(C)(CCOCCOCCOCCOC)c2ccccc21. The summed E-state index contributed by atoms with van der Waals surface area (Å²) < 4.78 is 92.6. The monoisotopic (exact) mass is 1140 g/mol. The molecule has 20 heteroatoms. The molecule has 2 aromatic rings. The molecule has 458 valence electrons. The van der Waals surface area contributed by atoms with E-state index < -0.39 is 5.97 Å². The number of para-hydroxylation sites is 2. The van der Waals surface area contributed by atoms with Crippen molar-refractivity contribution in [2.45, 2.75) is 43.9 Å². The summed E-state index contributed by atoms with van der Waals surface area (Å²) in [5.74, 6) is -1.13. The van der Waals surface area contributed by atoms with Crippen LogP contribution in [0.1, 0.15) is 44.2 Å². The lowest BCUT2D eigenvalue weighted by molar-refractivity contribution is -0.442. The van der Waals surface area contributed by atoms with Crippen LogP contribution in [0, 0.1) is 0 Å². The highest BCUT2D eigenvalue weighted by Gasteiger charge is 2.47. The number of methoxy groups -OCH3 is 3. The largest absolute Gasteiger partial charge is 0.550 e. The minimum Gasteiger partial charge on any atom is -0.550 e. The summed E-state index contributed by atoms with van der Waals surface area (Å²) in [4.78, 5) is 12.9. The van der Waals surface area contributed by atoms with Gasteiger partial charge >= 0.3 is 0 Å². The van der Waals surface area contributed by atoms with Gasteiger partial charge in [0.1, 0.15) is 6.61 Å². The Morgan fingerprint density at radius 1 is 0.457 bits per heavy atom. The van der Waals surface area contributed by atoms with Crippen LogP contribution in [0.15, 0.2) is 84.6 Å². The van der Waals surface area contributed by atoms with Gasteiger partial charge in [-0.3, -0.25) is 0 Å². The Morgan fingerprint density at radius 3 is 1.33 bits per heavy atom. The van der Waals surface area contributed by atoms with Crippen molar-refractivity contribution in [3.05, 3.63) is 95.7 Å². The van der Waals surface area contributed by atoms with Gasteiger partial charge in [-0.1, -0.05) is 54.6 Å². The number of carboxylic acid groups (broad SMARTS) is 1. The standard InChI is InChI=1S/C61H96N2O18/c1-60(20-25-70-36-41-78-48-45-74-32-29-66-3)53-13-9-11-15-55(53)62(22-27-72-38-43-80-50-47-76-34-31-68-5)57(60)17-7-6-8-18-58-61(2,21-26-71-37-42-79-49-46-75-33-30-67-4)54-14-10-12-16-56(54)63(58)23-28-73-39-44-81-52-51-77-40-35-69-24-19-59(64)65/h6-18H,19-52H2,1-5H3.